The number of hydrogen-bond acceptors (Lipinski definition) is 6. The van der Waals surface area contributed by atoms with Crippen LogP contribution < -0.4 is 10.6 Å². The Morgan fingerprint density at radius 2 is 2.04 bits per heavy atom. The van der Waals surface area contributed by atoms with Gasteiger partial charge in [-0.3, -0.25) is 14.0 Å². The molecule has 0 bridgehead atoms. The summed E-state index contributed by atoms with van der Waals surface area (Å²) in [6.45, 7) is 6.01. The van der Waals surface area contributed by atoms with Gasteiger partial charge in [-0.25, -0.2) is 4.98 Å². The molecule has 0 atom stereocenters. The molecule has 26 heavy (non-hydrogen) atoms. The summed E-state index contributed by atoms with van der Waals surface area (Å²) in [6, 6.07) is 3.85. The molecule has 136 valence electrons. The van der Waals surface area contributed by atoms with Crippen LogP contribution >= 0.6 is 11.3 Å². The van der Waals surface area contributed by atoms with Crippen LogP contribution in [0.15, 0.2) is 18.3 Å². The summed E-state index contributed by atoms with van der Waals surface area (Å²) >= 11 is 1.33. The molecule has 0 saturated heterocycles. The molecule has 3 aromatic heterocycles. The Bertz CT molecular complexity index is 961. The summed E-state index contributed by atoms with van der Waals surface area (Å²) in [5, 5.41) is 14.5. The van der Waals surface area contributed by atoms with Crippen molar-refractivity contribution in [2.75, 3.05) is 11.9 Å². The van der Waals surface area contributed by atoms with Crippen LogP contribution in [0.5, 0.6) is 0 Å². The van der Waals surface area contributed by atoms with Gasteiger partial charge in [0.15, 0.2) is 0 Å². The second-order valence-electron chi connectivity index (χ2n) is 5.96. The first-order valence-corrected chi connectivity index (χ1v) is 9.10. The van der Waals surface area contributed by atoms with E-state index in [0.29, 0.717) is 35.9 Å². The highest BCUT2D eigenvalue weighted by Gasteiger charge is 2.17. The van der Waals surface area contributed by atoms with Crippen molar-refractivity contribution in [3.8, 4) is 0 Å². The van der Waals surface area contributed by atoms with Crippen LogP contribution in [0.2, 0.25) is 0 Å². The summed E-state index contributed by atoms with van der Waals surface area (Å²) < 4.78 is 1.80. The lowest BCUT2D eigenvalue weighted by atomic mass is 10.2. The first-order valence-electron chi connectivity index (χ1n) is 8.28. The highest BCUT2D eigenvalue weighted by atomic mass is 32.1. The number of carbonyl (C=O) groups excluding carboxylic acids is 2. The van der Waals surface area contributed by atoms with E-state index in [1.807, 2.05) is 39.1 Å². The topological polar surface area (TPSA) is 101 Å². The fourth-order valence-electron chi connectivity index (χ4n) is 2.65. The summed E-state index contributed by atoms with van der Waals surface area (Å²) in [5.74, 6) is -0.335. The first-order chi connectivity index (χ1) is 12.5. The van der Waals surface area contributed by atoms with Gasteiger partial charge in [0.1, 0.15) is 16.3 Å². The molecule has 0 fully saturated rings. The Kier molecular flexibility index (Phi) is 5.27. The smallest absolute Gasteiger partial charge is 0.270 e. The molecular weight excluding hydrogens is 352 g/mol. The van der Waals surface area contributed by atoms with E-state index in [2.05, 4.69) is 25.8 Å². The maximum atomic E-state index is 12.5. The molecule has 3 aromatic rings. The van der Waals surface area contributed by atoms with Gasteiger partial charge in [0.05, 0.1) is 5.69 Å². The molecular formula is C17H20N6O2S. The Morgan fingerprint density at radius 1 is 1.23 bits per heavy atom. The minimum Gasteiger partial charge on any atom is -0.351 e. The molecule has 8 nitrogen and oxygen atoms in total. The molecule has 0 radical (unpaired) electrons. The Hall–Kier alpha value is -2.81. The normalized spacial score (nSPS) is 10.9. The number of pyridine rings is 1. The second-order valence-corrected chi connectivity index (χ2v) is 7.15. The molecule has 0 spiro atoms. The molecule has 2 amide bonds. The van der Waals surface area contributed by atoms with E-state index in [4.69, 9.17) is 0 Å². The average molecular weight is 372 g/mol. The summed E-state index contributed by atoms with van der Waals surface area (Å²) in [7, 11) is 0. The second kappa shape index (κ2) is 7.61. The van der Waals surface area contributed by atoms with Crippen LogP contribution in [0.1, 0.15) is 39.6 Å². The highest BCUT2D eigenvalue weighted by molar-refractivity contribution is 7.15. The fourth-order valence-corrected chi connectivity index (χ4v) is 3.26. The monoisotopic (exact) mass is 372 g/mol. The van der Waals surface area contributed by atoms with Crippen molar-refractivity contribution in [2.24, 2.45) is 0 Å². The third-order valence-corrected chi connectivity index (χ3v) is 4.63. The van der Waals surface area contributed by atoms with Crippen molar-refractivity contribution in [2.45, 2.75) is 33.6 Å². The average Bonchev–Trinajstić information content (AvgIpc) is 3.15. The van der Waals surface area contributed by atoms with Gasteiger partial charge in [0.2, 0.25) is 11.0 Å². The number of nitrogens with zero attached hydrogens (tertiary/aromatic N) is 4. The number of fused-ring (bicyclic) bond motifs is 1. The zero-order valence-electron chi connectivity index (χ0n) is 14.9. The molecule has 0 aromatic carbocycles. The molecule has 0 aliphatic carbocycles. The lowest BCUT2D eigenvalue weighted by Gasteiger charge is -2.06. The number of nitrogens with one attached hydrogen (secondary N) is 2. The van der Waals surface area contributed by atoms with Crippen LogP contribution in [-0.4, -0.2) is 37.9 Å². The van der Waals surface area contributed by atoms with E-state index in [-0.39, 0.29) is 11.8 Å². The van der Waals surface area contributed by atoms with Gasteiger partial charge in [-0.2, -0.15) is 0 Å². The summed E-state index contributed by atoms with van der Waals surface area (Å²) in [6.07, 6.45) is 2.66. The number of amides is 2. The molecule has 0 saturated carbocycles. The van der Waals surface area contributed by atoms with Gasteiger partial charge in [0.25, 0.3) is 5.91 Å². The van der Waals surface area contributed by atoms with E-state index in [0.717, 1.165) is 16.2 Å². The van der Waals surface area contributed by atoms with Crippen molar-refractivity contribution in [3.05, 3.63) is 40.3 Å². The lowest BCUT2D eigenvalue weighted by Crippen LogP contribution is -2.27. The molecule has 0 aliphatic heterocycles. The van der Waals surface area contributed by atoms with Gasteiger partial charge in [-0.15, -0.1) is 10.2 Å². The van der Waals surface area contributed by atoms with Gasteiger partial charge in [-0.05, 0) is 38.8 Å². The van der Waals surface area contributed by atoms with Crippen LogP contribution in [0, 0.1) is 20.8 Å². The van der Waals surface area contributed by atoms with Crippen LogP contribution in [0.25, 0.3) is 5.65 Å². The predicted molar refractivity (Wildman–Crippen MR) is 99.5 cm³/mol. The highest BCUT2D eigenvalue weighted by Crippen LogP contribution is 2.15. The fraction of sp³-hybridized carbons (Fsp3) is 0.353. The first kappa shape index (κ1) is 18.0. The SMILES string of the molecule is Cc1nnc(NC(=O)CCCNC(=O)c2c(C)nc3c(C)cccn23)s1. The van der Waals surface area contributed by atoms with Gasteiger partial charge >= 0.3 is 0 Å². The third kappa shape index (κ3) is 3.88. The van der Waals surface area contributed by atoms with E-state index in [1.165, 1.54) is 11.3 Å². The summed E-state index contributed by atoms with van der Waals surface area (Å²) in [5.41, 5.74) is 3.00. The Labute approximate surface area is 154 Å². The molecule has 0 unspecified atom stereocenters. The molecule has 3 rings (SSSR count). The van der Waals surface area contributed by atoms with E-state index in [9.17, 15) is 9.59 Å². The molecule has 9 heteroatoms. The van der Waals surface area contributed by atoms with Gasteiger partial charge < -0.3 is 10.6 Å². The van der Waals surface area contributed by atoms with Crippen molar-refractivity contribution in [3.63, 3.8) is 0 Å². The number of anilines is 1. The quantitative estimate of drug-likeness (QED) is 0.646. The number of hydrogen-bond donors (Lipinski definition) is 2. The number of imidazole rings is 1. The minimum absolute atomic E-state index is 0.142. The van der Waals surface area contributed by atoms with Gasteiger partial charge in [-0.1, -0.05) is 17.4 Å². The van der Waals surface area contributed by atoms with E-state index < -0.39 is 0 Å². The zero-order chi connectivity index (χ0) is 18.7. The van der Waals surface area contributed by atoms with Crippen molar-refractivity contribution in [1.82, 2.24) is 24.9 Å². The standard InChI is InChI=1S/C17H20N6O2S/c1-10-6-5-9-23-14(11(2)19-15(10)23)16(25)18-8-4-7-13(24)20-17-22-21-12(3)26-17/h5-6,9H,4,7-8H2,1-3H3,(H,18,25)(H,20,22,24). The zero-order valence-corrected chi connectivity index (χ0v) is 15.7. The van der Waals surface area contributed by atoms with Crippen LogP contribution in [-0.2, 0) is 4.79 Å². The largest absolute Gasteiger partial charge is 0.351 e. The molecule has 2 N–H and O–H groups in total. The predicted octanol–water partition coefficient (Wildman–Crippen LogP) is 2.26. The minimum atomic E-state index is -0.194. The maximum Gasteiger partial charge on any atom is 0.270 e. The van der Waals surface area contributed by atoms with Gasteiger partial charge in [0, 0.05) is 19.2 Å². The number of aromatic nitrogens is 4. The molecule has 3 heterocycles. The summed E-state index contributed by atoms with van der Waals surface area (Å²) in [4.78, 5) is 28.8. The molecule has 0 aliphatic rings. The van der Waals surface area contributed by atoms with E-state index >= 15 is 0 Å². The van der Waals surface area contributed by atoms with Crippen LogP contribution in [0.4, 0.5) is 5.13 Å². The number of rotatable bonds is 6. The number of carbonyl (C=O) groups is 2. The number of aryl methyl sites for hydroxylation is 3. The lowest BCUT2D eigenvalue weighted by molar-refractivity contribution is -0.116. The third-order valence-electron chi connectivity index (χ3n) is 3.87. The Balaban J connectivity index is 1.52. The van der Waals surface area contributed by atoms with Crippen molar-refractivity contribution >= 4 is 33.9 Å². The van der Waals surface area contributed by atoms with Crippen LogP contribution in [0.3, 0.4) is 0 Å². The van der Waals surface area contributed by atoms with E-state index in [1.54, 1.807) is 4.40 Å². The van der Waals surface area contributed by atoms with Crippen molar-refractivity contribution in [1.29, 1.82) is 0 Å². The Morgan fingerprint density at radius 3 is 2.77 bits per heavy atom. The van der Waals surface area contributed by atoms with Crippen molar-refractivity contribution < 1.29 is 9.59 Å². The maximum absolute atomic E-state index is 12.5.